The summed E-state index contributed by atoms with van der Waals surface area (Å²) < 4.78 is 6.42. The van der Waals surface area contributed by atoms with E-state index in [-0.39, 0.29) is 11.5 Å². The van der Waals surface area contributed by atoms with Crippen molar-refractivity contribution in [1.29, 1.82) is 0 Å². The van der Waals surface area contributed by atoms with Crippen molar-refractivity contribution in [2.75, 3.05) is 43.4 Å². The first kappa shape index (κ1) is 21.4. The molecule has 1 saturated heterocycles. The van der Waals surface area contributed by atoms with Crippen LogP contribution in [0, 0.1) is 0 Å². The Morgan fingerprint density at radius 1 is 1.09 bits per heavy atom. The molecule has 0 bridgehead atoms. The van der Waals surface area contributed by atoms with Crippen LogP contribution in [0.5, 0.6) is 5.75 Å². The van der Waals surface area contributed by atoms with E-state index in [1.54, 1.807) is 36.2 Å². The van der Waals surface area contributed by atoms with Crippen molar-refractivity contribution in [3.05, 3.63) is 58.5 Å². The van der Waals surface area contributed by atoms with E-state index in [2.05, 4.69) is 15.3 Å². The Labute approximate surface area is 185 Å². The molecular weight excluding hydrogens is 410 g/mol. The average molecular weight is 435 g/mol. The van der Waals surface area contributed by atoms with Crippen LogP contribution in [-0.2, 0) is 11.3 Å². The largest absolute Gasteiger partial charge is 0.426 e. The third kappa shape index (κ3) is 3.77. The van der Waals surface area contributed by atoms with Gasteiger partial charge in [-0.1, -0.05) is 24.3 Å². The Morgan fingerprint density at radius 2 is 1.81 bits per heavy atom. The van der Waals surface area contributed by atoms with Gasteiger partial charge >= 0.3 is 0 Å². The van der Waals surface area contributed by atoms with Gasteiger partial charge in [0.1, 0.15) is 5.69 Å². The zero-order valence-electron chi connectivity index (χ0n) is 18.1. The van der Waals surface area contributed by atoms with E-state index in [1.807, 2.05) is 25.1 Å². The summed E-state index contributed by atoms with van der Waals surface area (Å²) in [6, 6.07) is 12.6. The first-order chi connectivity index (χ1) is 15.6. The molecule has 0 saturated carbocycles. The van der Waals surface area contributed by atoms with E-state index in [4.69, 9.17) is 4.74 Å². The van der Waals surface area contributed by atoms with Gasteiger partial charge in [0.05, 0.1) is 11.1 Å². The lowest BCUT2D eigenvalue weighted by Crippen LogP contribution is -2.49. The van der Waals surface area contributed by atoms with E-state index in [0.29, 0.717) is 61.4 Å². The highest BCUT2D eigenvalue weighted by molar-refractivity contribution is 6.04. The fourth-order valence-electron chi connectivity index (χ4n) is 4.09. The Hall–Kier alpha value is -3.88. The maximum atomic E-state index is 13.4. The van der Waals surface area contributed by atoms with Crippen LogP contribution < -0.4 is 20.5 Å². The molecule has 2 heterocycles. The van der Waals surface area contributed by atoms with Crippen molar-refractivity contribution < 1.29 is 14.3 Å². The summed E-state index contributed by atoms with van der Waals surface area (Å²) in [4.78, 5) is 40.6. The van der Waals surface area contributed by atoms with Gasteiger partial charge in [0, 0.05) is 45.2 Å². The van der Waals surface area contributed by atoms with Crippen molar-refractivity contribution in [2.24, 2.45) is 0 Å². The molecule has 1 amide bonds. The third-order valence-corrected chi connectivity index (χ3v) is 5.71. The van der Waals surface area contributed by atoms with Gasteiger partial charge in [-0.05, 0) is 25.1 Å². The van der Waals surface area contributed by atoms with Crippen LogP contribution in [0.2, 0.25) is 0 Å². The number of amides is 1. The van der Waals surface area contributed by atoms with Crippen LogP contribution in [0.15, 0.2) is 47.3 Å². The van der Waals surface area contributed by atoms with Crippen molar-refractivity contribution in [3.8, 4) is 5.75 Å². The second kappa shape index (κ2) is 9.09. The average Bonchev–Trinajstić information content (AvgIpc) is 2.84. The minimum atomic E-state index is -0.193. The van der Waals surface area contributed by atoms with Crippen LogP contribution in [0.4, 0.5) is 11.4 Å². The summed E-state index contributed by atoms with van der Waals surface area (Å²) in [5.41, 5.74) is 1.73. The van der Waals surface area contributed by atoms with Gasteiger partial charge in [-0.25, -0.2) is 4.68 Å². The molecule has 0 atom stereocenters. The number of para-hydroxylation sites is 1. The number of fused-ring (bicyclic) bond motifs is 1. The zero-order chi connectivity index (χ0) is 22.7. The van der Waals surface area contributed by atoms with Crippen molar-refractivity contribution in [3.63, 3.8) is 0 Å². The molecule has 32 heavy (non-hydrogen) atoms. The second-order valence-corrected chi connectivity index (χ2v) is 7.41. The highest BCUT2D eigenvalue weighted by Crippen LogP contribution is 2.35. The van der Waals surface area contributed by atoms with Crippen LogP contribution >= 0.6 is 0 Å². The van der Waals surface area contributed by atoms with Gasteiger partial charge in [0.25, 0.3) is 17.9 Å². The molecule has 1 aliphatic heterocycles. The standard InChI is InChI=1S/C23H25N5O4/c1-3-28-22(30)17-8-5-4-7-16(17)20(25-28)23(31)27-13-11-26(12-14-27)18-9-6-10-19(32-15-29)21(18)24-2/h4-10,15,24H,3,11-14H2,1-2H3. The smallest absolute Gasteiger partial charge is 0.298 e. The Kier molecular flexibility index (Phi) is 6.07. The van der Waals surface area contributed by atoms with Gasteiger partial charge in [-0.2, -0.15) is 5.10 Å². The normalized spacial score (nSPS) is 13.8. The summed E-state index contributed by atoms with van der Waals surface area (Å²) in [6.07, 6.45) is 0. The Bertz CT molecular complexity index is 1210. The lowest BCUT2D eigenvalue weighted by Gasteiger charge is -2.37. The number of ether oxygens (including phenoxy) is 1. The van der Waals surface area contributed by atoms with Gasteiger partial charge in [-0.3, -0.25) is 14.4 Å². The van der Waals surface area contributed by atoms with Crippen LogP contribution in [0.3, 0.4) is 0 Å². The molecule has 1 fully saturated rings. The van der Waals surface area contributed by atoms with Gasteiger partial charge in [-0.15, -0.1) is 0 Å². The molecule has 9 heteroatoms. The number of nitrogens with one attached hydrogen (secondary N) is 1. The Balaban J connectivity index is 1.58. The first-order valence-electron chi connectivity index (χ1n) is 10.5. The predicted molar refractivity (Wildman–Crippen MR) is 122 cm³/mol. The fraction of sp³-hybridized carbons (Fsp3) is 0.304. The van der Waals surface area contributed by atoms with Crippen molar-refractivity contribution in [2.45, 2.75) is 13.5 Å². The Morgan fingerprint density at radius 3 is 2.47 bits per heavy atom. The summed E-state index contributed by atoms with van der Waals surface area (Å²) in [7, 11) is 1.77. The summed E-state index contributed by atoms with van der Waals surface area (Å²) in [5, 5.41) is 8.54. The summed E-state index contributed by atoms with van der Waals surface area (Å²) >= 11 is 0. The molecule has 166 valence electrons. The molecule has 1 aliphatic rings. The van der Waals surface area contributed by atoms with Gasteiger partial charge in [0.2, 0.25) is 0 Å². The number of hydrogen-bond acceptors (Lipinski definition) is 7. The highest BCUT2D eigenvalue weighted by atomic mass is 16.5. The van der Waals surface area contributed by atoms with E-state index >= 15 is 0 Å². The number of carbonyl (C=O) groups is 2. The van der Waals surface area contributed by atoms with Crippen molar-refractivity contribution >= 4 is 34.5 Å². The fourth-order valence-corrected chi connectivity index (χ4v) is 4.09. The molecule has 9 nitrogen and oxygen atoms in total. The van der Waals surface area contributed by atoms with E-state index in [1.165, 1.54) is 4.68 Å². The predicted octanol–water partition coefficient (Wildman–Crippen LogP) is 1.96. The monoisotopic (exact) mass is 435 g/mol. The van der Waals surface area contributed by atoms with E-state index < -0.39 is 0 Å². The number of carbonyl (C=O) groups excluding carboxylic acids is 2. The molecule has 2 aromatic carbocycles. The third-order valence-electron chi connectivity index (χ3n) is 5.71. The number of aromatic nitrogens is 2. The number of hydrogen-bond donors (Lipinski definition) is 1. The lowest BCUT2D eigenvalue weighted by atomic mass is 10.1. The first-order valence-corrected chi connectivity index (χ1v) is 10.5. The van der Waals surface area contributed by atoms with Crippen LogP contribution in [-0.4, -0.2) is 60.3 Å². The second-order valence-electron chi connectivity index (χ2n) is 7.41. The van der Waals surface area contributed by atoms with Crippen molar-refractivity contribution in [1.82, 2.24) is 14.7 Å². The summed E-state index contributed by atoms with van der Waals surface area (Å²) in [6.45, 7) is 4.85. The molecule has 1 aromatic heterocycles. The number of benzene rings is 2. The SMILES string of the molecule is CCn1nc(C(=O)N2CCN(c3cccc(OC=O)c3NC)CC2)c2ccccc2c1=O. The molecule has 3 aromatic rings. The maximum Gasteiger partial charge on any atom is 0.298 e. The highest BCUT2D eigenvalue weighted by Gasteiger charge is 2.27. The lowest BCUT2D eigenvalue weighted by molar-refractivity contribution is -0.120. The van der Waals surface area contributed by atoms with Gasteiger partial charge in [0.15, 0.2) is 11.4 Å². The van der Waals surface area contributed by atoms with Crippen LogP contribution in [0.1, 0.15) is 17.4 Å². The number of piperazine rings is 1. The molecule has 0 radical (unpaired) electrons. The molecule has 0 aliphatic carbocycles. The van der Waals surface area contributed by atoms with Crippen LogP contribution in [0.25, 0.3) is 10.8 Å². The molecule has 4 rings (SSSR count). The quantitative estimate of drug-likeness (QED) is 0.591. The minimum absolute atomic E-state index is 0.185. The number of anilines is 2. The molecule has 1 N–H and O–H groups in total. The van der Waals surface area contributed by atoms with E-state index in [0.717, 1.165) is 11.4 Å². The zero-order valence-corrected chi connectivity index (χ0v) is 18.1. The maximum absolute atomic E-state index is 13.4. The molecule has 0 spiro atoms. The molecule has 0 unspecified atom stereocenters. The minimum Gasteiger partial charge on any atom is -0.426 e. The molecular formula is C23H25N5O4. The number of nitrogens with zero attached hydrogens (tertiary/aromatic N) is 4. The van der Waals surface area contributed by atoms with Gasteiger partial charge < -0.3 is 19.9 Å². The summed E-state index contributed by atoms with van der Waals surface area (Å²) in [5.74, 6) is 0.269. The number of aryl methyl sites for hydroxylation is 1. The topological polar surface area (TPSA) is 96.8 Å². The van der Waals surface area contributed by atoms with E-state index in [9.17, 15) is 14.4 Å². The number of rotatable bonds is 6.